The first-order chi connectivity index (χ1) is 9.86. The van der Waals surface area contributed by atoms with E-state index in [4.69, 9.17) is 0 Å². The molecule has 3 unspecified atom stereocenters. The second-order valence-corrected chi connectivity index (χ2v) is 7.37. The lowest BCUT2D eigenvalue weighted by Gasteiger charge is -2.45. The van der Waals surface area contributed by atoms with Gasteiger partial charge in [0.25, 0.3) is 0 Å². The molecule has 1 aromatic rings. The van der Waals surface area contributed by atoms with Crippen LogP contribution in [0.1, 0.15) is 58.1 Å². The van der Waals surface area contributed by atoms with Crippen LogP contribution < -0.4 is 5.32 Å². The zero-order valence-electron chi connectivity index (χ0n) is 14.2. The van der Waals surface area contributed by atoms with E-state index in [2.05, 4.69) is 33.0 Å². The van der Waals surface area contributed by atoms with E-state index in [1.165, 1.54) is 24.8 Å². The van der Waals surface area contributed by atoms with Crippen LogP contribution in [0.2, 0.25) is 0 Å². The standard InChI is InChI=1S/C19H30FN/c1-6-21-18-11-13(2)7-9-16(18)19(4,5)15-8-10-17(20)14(3)12-15/h8,10,12-13,16,18,21H,6-7,9,11H2,1-5H3. The molecule has 2 heteroatoms. The van der Waals surface area contributed by atoms with E-state index in [9.17, 15) is 4.39 Å². The second-order valence-electron chi connectivity index (χ2n) is 7.37. The second kappa shape index (κ2) is 6.48. The third-order valence-electron chi connectivity index (χ3n) is 5.41. The molecule has 1 aliphatic carbocycles. The summed E-state index contributed by atoms with van der Waals surface area (Å²) in [7, 11) is 0. The van der Waals surface area contributed by atoms with Crippen LogP contribution in [0.25, 0.3) is 0 Å². The molecule has 21 heavy (non-hydrogen) atoms. The maximum atomic E-state index is 13.6. The minimum atomic E-state index is -0.102. The van der Waals surface area contributed by atoms with Crippen LogP contribution in [-0.2, 0) is 5.41 Å². The van der Waals surface area contributed by atoms with E-state index in [0.29, 0.717) is 12.0 Å². The smallest absolute Gasteiger partial charge is 0.126 e. The summed E-state index contributed by atoms with van der Waals surface area (Å²) < 4.78 is 13.6. The lowest BCUT2D eigenvalue weighted by molar-refractivity contribution is 0.147. The van der Waals surface area contributed by atoms with Gasteiger partial charge in [-0.15, -0.1) is 0 Å². The summed E-state index contributed by atoms with van der Waals surface area (Å²) >= 11 is 0. The highest BCUT2D eigenvalue weighted by molar-refractivity contribution is 5.31. The number of hydrogen-bond acceptors (Lipinski definition) is 1. The predicted molar refractivity (Wildman–Crippen MR) is 88.1 cm³/mol. The van der Waals surface area contributed by atoms with E-state index in [0.717, 1.165) is 18.0 Å². The molecule has 3 atom stereocenters. The van der Waals surface area contributed by atoms with Gasteiger partial charge in [-0.05, 0) is 60.8 Å². The SMILES string of the molecule is CCNC1CC(C)CCC1C(C)(C)c1ccc(F)c(C)c1. The van der Waals surface area contributed by atoms with Crippen molar-refractivity contribution in [3.05, 3.63) is 35.1 Å². The van der Waals surface area contributed by atoms with E-state index in [1.54, 1.807) is 6.07 Å². The average Bonchev–Trinajstić information content (AvgIpc) is 2.42. The molecule has 0 aromatic heterocycles. The Morgan fingerprint density at radius 1 is 1.29 bits per heavy atom. The van der Waals surface area contributed by atoms with Crippen molar-refractivity contribution in [1.29, 1.82) is 0 Å². The zero-order chi connectivity index (χ0) is 15.6. The predicted octanol–water partition coefficient (Wildman–Crippen LogP) is 4.83. The van der Waals surface area contributed by atoms with Crippen molar-refractivity contribution >= 4 is 0 Å². The van der Waals surface area contributed by atoms with Gasteiger partial charge in [0.1, 0.15) is 5.82 Å². The molecule has 0 amide bonds. The molecular weight excluding hydrogens is 261 g/mol. The molecule has 0 saturated heterocycles. The molecule has 0 bridgehead atoms. The molecule has 2 rings (SSSR count). The summed E-state index contributed by atoms with van der Waals surface area (Å²) in [5.74, 6) is 1.31. The van der Waals surface area contributed by atoms with Gasteiger partial charge in [0.05, 0.1) is 0 Å². The number of rotatable bonds is 4. The van der Waals surface area contributed by atoms with Crippen molar-refractivity contribution in [2.24, 2.45) is 11.8 Å². The normalized spacial score (nSPS) is 26.9. The number of halogens is 1. The number of hydrogen-bond donors (Lipinski definition) is 1. The Hall–Kier alpha value is -0.890. The summed E-state index contributed by atoms with van der Waals surface area (Å²) in [4.78, 5) is 0. The number of benzene rings is 1. The third kappa shape index (κ3) is 3.48. The monoisotopic (exact) mass is 291 g/mol. The van der Waals surface area contributed by atoms with Crippen LogP contribution >= 0.6 is 0 Å². The highest BCUT2D eigenvalue weighted by atomic mass is 19.1. The Kier molecular flexibility index (Phi) is 5.08. The van der Waals surface area contributed by atoms with Crippen LogP contribution in [0.5, 0.6) is 0 Å². The molecule has 0 heterocycles. The van der Waals surface area contributed by atoms with E-state index in [-0.39, 0.29) is 11.2 Å². The van der Waals surface area contributed by atoms with Crippen molar-refractivity contribution in [1.82, 2.24) is 5.32 Å². The van der Waals surface area contributed by atoms with Gasteiger partial charge < -0.3 is 5.32 Å². The zero-order valence-corrected chi connectivity index (χ0v) is 14.2. The molecule has 1 N–H and O–H groups in total. The maximum absolute atomic E-state index is 13.6. The molecule has 0 radical (unpaired) electrons. The minimum Gasteiger partial charge on any atom is -0.314 e. The molecule has 1 saturated carbocycles. The van der Waals surface area contributed by atoms with E-state index < -0.39 is 0 Å². The van der Waals surface area contributed by atoms with Gasteiger partial charge in [-0.1, -0.05) is 46.2 Å². The van der Waals surface area contributed by atoms with Crippen LogP contribution in [-0.4, -0.2) is 12.6 Å². The number of aryl methyl sites for hydroxylation is 1. The summed E-state index contributed by atoms with van der Waals surface area (Å²) in [5.41, 5.74) is 2.10. The Bertz CT molecular complexity index is 480. The molecule has 0 spiro atoms. The lowest BCUT2D eigenvalue weighted by atomic mass is 9.63. The van der Waals surface area contributed by atoms with Gasteiger partial charge in [0.2, 0.25) is 0 Å². The Balaban J connectivity index is 2.29. The Morgan fingerprint density at radius 3 is 2.62 bits per heavy atom. The van der Waals surface area contributed by atoms with Crippen molar-refractivity contribution in [2.45, 2.75) is 65.3 Å². The van der Waals surface area contributed by atoms with Gasteiger partial charge in [-0.3, -0.25) is 0 Å². The first kappa shape index (κ1) is 16.5. The quantitative estimate of drug-likeness (QED) is 0.838. The first-order valence-corrected chi connectivity index (χ1v) is 8.36. The van der Waals surface area contributed by atoms with Crippen LogP contribution in [0, 0.1) is 24.6 Å². The lowest BCUT2D eigenvalue weighted by Crippen LogP contribution is -2.48. The minimum absolute atomic E-state index is 0.0748. The summed E-state index contributed by atoms with van der Waals surface area (Å²) in [6.07, 6.45) is 3.81. The fourth-order valence-electron chi connectivity index (χ4n) is 3.99. The van der Waals surface area contributed by atoms with Crippen molar-refractivity contribution in [3.63, 3.8) is 0 Å². The highest BCUT2D eigenvalue weighted by Crippen LogP contribution is 2.42. The fraction of sp³-hybridized carbons (Fsp3) is 0.684. The summed E-state index contributed by atoms with van der Waals surface area (Å²) in [6, 6.07) is 6.21. The first-order valence-electron chi connectivity index (χ1n) is 8.36. The Morgan fingerprint density at radius 2 is 2.00 bits per heavy atom. The van der Waals surface area contributed by atoms with Crippen LogP contribution in [0.15, 0.2) is 18.2 Å². The van der Waals surface area contributed by atoms with E-state index >= 15 is 0 Å². The summed E-state index contributed by atoms with van der Waals surface area (Å²) in [5, 5.41) is 3.69. The van der Waals surface area contributed by atoms with Gasteiger partial charge in [0.15, 0.2) is 0 Å². The van der Waals surface area contributed by atoms with Crippen LogP contribution in [0.4, 0.5) is 4.39 Å². The molecule has 0 aliphatic heterocycles. The van der Waals surface area contributed by atoms with Gasteiger partial charge >= 0.3 is 0 Å². The molecule has 1 nitrogen and oxygen atoms in total. The fourth-order valence-corrected chi connectivity index (χ4v) is 3.99. The molecule has 118 valence electrons. The van der Waals surface area contributed by atoms with Gasteiger partial charge in [-0.25, -0.2) is 4.39 Å². The maximum Gasteiger partial charge on any atom is 0.126 e. The van der Waals surface area contributed by atoms with Gasteiger partial charge in [0, 0.05) is 6.04 Å². The summed E-state index contributed by atoms with van der Waals surface area (Å²) in [6.45, 7) is 12.1. The molecule has 1 aliphatic rings. The largest absolute Gasteiger partial charge is 0.314 e. The van der Waals surface area contributed by atoms with Crippen molar-refractivity contribution in [3.8, 4) is 0 Å². The van der Waals surface area contributed by atoms with Gasteiger partial charge in [-0.2, -0.15) is 0 Å². The van der Waals surface area contributed by atoms with E-state index in [1.807, 2.05) is 19.1 Å². The molecular formula is C19H30FN. The Labute approximate surface area is 129 Å². The molecule has 1 fully saturated rings. The topological polar surface area (TPSA) is 12.0 Å². The van der Waals surface area contributed by atoms with Crippen molar-refractivity contribution < 1.29 is 4.39 Å². The number of nitrogens with one attached hydrogen (secondary N) is 1. The average molecular weight is 291 g/mol. The molecule has 1 aromatic carbocycles. The van der Waals surface area contributed by atoms with Crippen LogP contribution in [0.3, 0.4) is 0 Å². The third-order valence-corrected chi connectivity index (χ3v) is 5.41. The van der Waals surface area contributed by atoms with Crippen molar-refractivity contribution in [2.75, 3.05) is 6.54 Å². The highest BCUT2D eigenvalue weighted by Gasteiger charge is 2.39.